The van der Waals surface area contributed by atoms with Crippen molar-refractivity contribution < 1.29 is 9.90 Å². The fraction of sp³-hybridized carbons (Fsp3) is 0.111. The van der Waals surface area contributed by atoms with Crippen LogP contribution >= 0.6 is 0 Å². The van der Waals surface area contributed by atoms with Gasteiger partial charge in [0.1, 0.15) is 5.82 Å². The number of hydrogen-bond donors (Lipinski definition) is 2. The smallest absolute Gasteiger partial charge is 0.337 e. The first-order valence-electron chi connectivity index (χ1n) is 4.15. The molecule has 0 radical (unpaired) electrons. The zero-order valence-electron chi connectivity index (χ0n) is 7.56. The van der Waals surface area contributed by atoms with Crippen molar-refractivity contribution in [2.45, 2.75) is 6.42 Å². The van der Waals surface area contributed by atoms with E-state index in [0.29, 0.717) is 17.0 Å². The Labute approximate surface area is 84.2 Å². The van der Waals surface area contributed by atoms with Gasteiger partial charge in [-0.2, -0.15) is 5.26 Å². The molecule has 2 rings (SSSR count). The zero-order chi connectivity index (χ0) is 10.8. The Balaban J connectivity index is 2.53. The number of nitriles is 1. The van der Waals surface area contributed by atoms with E-state index in [1.807, 2.05) is 6.07 Å². The molecule has 0 saturated carbocycles. The van der Waals surface area contributed by atoms with Crippen molar-refractivity contribution in [3.05, 3.63) is 23.7 Å². The Morgan fingerprint density at radius 1 is 1.67 bits per heavy atom. The van der Waals surface area contributed by atoms with Gasteiger partial charge in [0.25, 0.3) is 0 Å². The van der Waals surface area contributed by atoms with Crippen molar-refractivity contribution in [3.63, 3.8) is 0 Å². The van der Waals surface area contributed by atoms with Crippen LogP contribution in [0.5, 0.6) is 0 Å². The summed E-state index contributed by atoms with van der Waals surface area (Å²) in [6, 6.07) is 3.39. The van der Waals surface area contributed by atoms with E-state index in [4.69, 9.17) is 10.4 Å². The van der Waals surface area contributed by atoms with Crippen LogP contribution in [-0.4, -0.2) is 26.0 Å². The molecular formula is C9H6N4O2. The standard InChI is InChI=1S/C9H6N4O2/c10-2-1-7-12-6-3-5(9(14)15)4-11-8(6)13-7/h3-4H,1H2,(H,14,15)(H,11,12,13). The van der Waals surface area contributed by atoms with Gasteiger partial charge >= 0.3 is 5.97 Å². The fourth-order valence-corrected chi connectivity index (χ4v) is 1.23. The van der Waals surface area contributed by atoms with Crippen LogP contribution in [0.2, 0.25) is 0 Å². The number of nitrogens with one attached hydrogen (secondary N) is 1. The number of rotatable bonds is 2. The molecule has 0 aliphatic heterocycles. The van der Waals surface area contributed by atoms with Crippen molar-refractivity contribution in [1.82, 2.24) is 15.0 Å². The third kappa shape index (κ3) is 1.62. The lowest BCUT2D eigenvalue weighted by Gasteiger charge is -1.91. The summed E-state index contributed by atoms with van der Waals surface area (Å²) < 4.78 is 0. The van der Waals surface area contributed by atoms with Gasteiger partial charge in [-0.05, 0) is 6.07 Å². The number of aromatic nitrogens is 3. The van der Waals surface area contributed by atoms with Crippen LogP contribution in [0.1, 0.15) is 16.2 Å². The molecule has 0 atom stereocenters. The lowest BCUT2D eigenvalue weighted by atomic mass is 10.3. The number of hydrogen-bond acceptors (Lipinski definition) is 4. The summed E-state index contributed by atoms with van der Waals surface area (Å²) in [5.74, 6) is -0.552. The Kier molecular flexibility index (Phi) is 2.06. The predicted octanol–water partition coefficient (Wildman–Crippen LogP) is 0.722. The number of carbonyl (C=O) groups is 1. The molecule has 0 unspecified atom stereocenters. The minimum atomic E-state index is -1.04. The summed E-state index contributed by atoms with van der Waals surface area (Å²) >= 11 is 0. The van der Waals surface area contributed by atoms with E-state index < -0.39 is 5.97 Å². The molecule has 0 aromatic carbocycles. The number of aromatic amines is 1. The first kappa shape index (κ1) is 9.15. The third-order valence-electron chi connectivity index (χ3n) is 1.88. The molecule has 0 amide bonds. The summed E-state index contributed by atoms with van der Waals surface area (Å²) in [7, 11) is 0. The number of nitrogens with zero attached hydrogens (tertiary/aromatic N) is 3. The number of H-pyrrole nitrogens is 1. The number of aromatic carboxylic acids is 1. The maximum Gasteiger partial charge on any atom is 0.337 e. The molecule has 2 heterocycles. The summed E-state index contributed by atoms with van der Waals surface area (Å²) in [5, 5.41) is 17.2. The van der Waals surface area contributed by atoms with E-state index in [1.54, 1.807) is 0 Å². The Bertz CT molecular complexity index is 567. The van der Waals surface area contributed by atoms with Gasteiger partial charge in [0.05, 0.1) is 23.6 Å². The highest BCUT2D eigenvalue weighted by atomic mass is 16.4. The molecule has 0 spiro atoms. The van der Waals surface area contributed by atoms with Gasteiger partial charge in [-0.25, -0.2) is 14.8 Å². The molecular weight excluding hydrogens is 196 g/mol. The summed E-state index contributed by atoms with van der Waals surface area (Å²) in [6.45, 7) is 0. The van der Waals surface area contributed by atoms with Gasteiger partial charge in [0.15, 0.2) is 5.65 Å². The van der Waals surface area contributed by atoms with E-state index >= 15 is 0 Å². The van der Waals surface area contributed by atoms with E-state index in [2.05, 4.69) is 15.0 Å². The highest BCUT2D eigenvalue weighted by Gasteiger charge is 2.08. The second kappa shape index (κ2) is 3.38. The first-order valence-corrected chi connectivity index (χ1v) is 4.15. The molecule has 2 aromatic rings. The summed E-state index contributed by atoms with van der Waals surface area (Å²) in [5.41, 5.74) is 1.04. The van der Waals surface area contributed by atoms with Crippen molar-refractivity contribution in [2.24, 2.45) is 0 Å². The van der Waals surface area contributed by atoms with Crippen LogP contribution < -0.4 is 0 Å². The zero-order valence-corrected chi connectivity index (χ0v) is 7.56. The quantitative estimate of drug-likeness (QED) is 0.746. The van der Waals surface area contributed by atoms with Crippen molar-refractivity contribution >= 4 is 17.1 Å². The minimum Gasteiger partial charge on any atom is -0.478 e. The lowest BCUT2D eigenvalue weighted by Crippen LogP contribution is -1.96. The highest BCUT2D eigenvalue weighted by molar-refractivity contribution is 5.90. The molecule has 0 aliphatic rings. The number of fused-ring (bicyclic) bond motifs is 1. The van der Waals surface area contributed by atoms with E-state index in [-0.39, 0.29) is 12.0 Å². The van der Waals surface area contributed by atoms with Gasteiger partial charge in [0, 0.05) is 6.20 Å². The fourth-order valence-electron chi connectivity index (χ4n) is 1.23. The highest BCUT2D eigenvalue weighted by Crippen LogP contribution is 2.11. The van der Waals surface area contributed by atoms with E-state index in [1.165, 1.54) is 12.3 Å². The molecule has 74 valence electrons. The van der Waals surface area contributed by atoms with Gasteiger partial charge in [-0.15, -0.1) is 0 Å². The Morgan fingerprint density at radius 3 is 3.13 bits per heavy atom. The maximum absolute atomic E-state index is 10.7. The average Bonchev–Trinajstić information content (AvgIpc) is 2.59. The number of carboxylic acids is 1. The van der Waals surface area contributed by atoms with Crippen molar-refractivity contribution in [2.75, 3.05) is 0 Å². The third-order valence-corrected chi connectivity index (χ3v) is 1.88. The summed E-state index contributed by atoms with van der Waals surface area (Å²) in [6.07, 6.45) is 1.39. The van der Waals surface area contributed by atoms with Gasteiger partial charge < -0.3 is 10.1 Å². The molecule has 2 aromatic heterocycles. The molecule has 2 N–H and O–H groups in total. The Morgan fingerprint density at radius 2 is 2.47 bits per heavy atom. The average molecular weight is 202 g/mol. The van der Waals surface area contributed by atoms with Crippen LogP contribution in [0.25, 0.3) is 11.2 Å². The molecule has 6 nitrogen and oxygen atoms in total. The molecule has 0 bridgehead atoms. The van der Waals surface area contributed by atoms with Crippen LogP contribution in [0, 0.1) is 11.3 Å². The second-order valence-corrected chi connectivity index (χ2v) is 2.92. The normalized spacial score (nSPS) is 10.1. The van der Waals surface area contributed by atoms with Gasteiger partial charge in [-0.3, -0.25) is 0 Å². The van der Waals surface area contributed by atoms with Gasteiger partial charge in [0.2, 0.25) is 0 Å². The maximum atomic E-state index is 10.7. The predicted molar refractivity (Wildman–Crippen MR) is 50.2 cm³/mol. The number of pyridine rings is 1. The Hall–Kier alpha value is -2.42. The monoisotopic (exact) mass is 202 g/mol. The molecule has 0 aliphatic carbocycles. The largest absolute Gasteiger partial charge is 0.478 e. The van der Waals surface area contributed by atoms with E-state index in [9.17, 15) is 4.79 Å². The van der Waals surface area contributed by atoms with Crippen LogP contribution in [0.4, 0.5) is 0 Å². The molecule has 0 saturated heterocycles. The van der Waals surface area contributed by atoms with Crippen LogP contribution in [0.3, 0.4) is 0 Å². The van der Waals surface area contributed by atoms with Gasteiger partial charge in [-0.1, -0.05) is 0 Å². The summed E-state index contributed by atoms with van der Waals surface area (Å²) in [4.78, 5) is 21.4. The topological polar surface area (TPSA) is 103 Å². The SMILES string of the molecule is N#CCc1nc2ncc(C(=O)O)cc2[nH]1. The minimum absolute atomic E-state index is 0.0923. The van der Waals surface area contributed by atoms with Crippen LogP contribution in [0.15, 0.2) is 12.3 Å². The molecule has 0 fully saturated rings. The number of imidazole rings is 1. The lowest BCUT2D eigenvalue weighted by molar-refractivity contribution is 0.0696. The van der Waals surface area contributed by atoms with Crippen LogP contribution in [-0.2, 0) is 6.42 Å². The van der Waals surface area contributed by atoms with Crippen molar-refractivity contribution in [1.29, 1.82) is 5.26 Å². The van der Waals surface area contributed by atoms with Crippen molar-refractivity contribution in [3.8, 4) is 6.07 Å². The number of carboxylic acid groups (broad SMARTS) is 1. The van der Waals surface area contributed by atoms with E-state index in [0.717, 1.165) is 0 Å². The second-order valence-electron chi connectivity index (χ2n) is 2.92. The molecule has 6 heteroatoms. The first-order chi connectivity index (χ1) is 7.20. The molecule has 15 heavy (non-hydrogen) atoms.